The van der Waals surface area contributed by atoms with Crippen molar-refractivity contribution in [2.75, 3.05) is 11.9 Å². The zero-order valence-electron chi connectivity index (χ0n) is 13.7. The maximum atomic E-state index is 12.2. The lowest BCUT2D eigenvalue weighted by Crippen LogP contribution is -2.13. The minimum atomic E-state index is -0.498. The first-order valence-corrected chi connectivity index (χ1v) is 8.03. The molecule has 0 atom stereocenters. The van der Waals surface area contributed by atoms with Crippen LogP contribution in [0.1, 0.15) is 22.8 Å². The average molecular weight is 358 g/mol. The van der Waals surface area contributed by atoms with Crippen LogP contribution in [-0.4, -0.2) is 32.3 Å². The third-order valence-electron chi connectivity index (χ3n) is 3.29. The smallest absolute Gasteiger partial charge is 0.343 e. The number of carbonyl (C=O) groups is 1. The average Bonchev–Trinajstić information content (AvgIpc) is 3.03. The molecule has 0 saturated heterocycles. The third kappa shape index (κ3) is 3.95. The van der Waals surface area contributed by atoms with E-state index in [1.165, 1.54) is 10.9 Å². The molecule has 128 valence electrons. The molecule has 8 heteroatoms. The highest BCUT2D eigenvalue weighted by molar-refractivity contribution is 6.30. The van der Waals surface area contributed by atoms with Gasteiger partial charge in [-0.2, -0.15) is 10.1 Å². The van der Waals surface area contributed by atoms with Gasteiger partial charge in [-0.1, -0.05) is 11.6 Å². The molecule has 1 aromatic carbocycles. The zero-order valence-corrected chi connectivity index (χ0v) is 14.5. The molecule has 25 heavy (non-hydrogen) atoms. The van der Waals surface area contributed by atoms with Crippen LogP contribution in [0.25, 0.3) is 5.95 Å². The van der Waals surface area contributed by atoms with Crippen molar-refractivity contribution in [3.8, 4) is 5.95 Å². The lowest BCUT2D eigenvalue weighted by atomic mass is 10.2. The molecule has 0 aliphatic rings. The van der Waals surface area contributed by atoms with E-state index in [1.807, 2.05) is 6.92 Å². The van der Waals surface area contributed by atoms with Gasteiger partial charge in [0, 0.05) is 23.1 Å². The fourth-order valence-corrected chi connectivity index (χ4v) is 2.25. The Balaban J connectivity index is 2.00. The van der Waals surface area contributed by atoms with Crippen LogP contribution in [0.5, 0.6) is 0 Å². The Bertz CT molecular complexity index is 892. The van der Waals surface area contributed by atoms with Crippen LogP contribution < -0.4 is 5.32 Å². The normalized spacial score (nSPS) is 10.5. The third-order valence-corrected chi connectivity index (χ3v) is 3.55. The summed E-state index contributed by atoms with van der Waals surface area (Å²) in [5.41, 5.74) is 1.95. The molecule has 3 aromatic rings. The Morgan fingerprint density at radius 2 is 2.04 bits per heavy atom. The summed E-state index contributed by atoms with van der Waals surface area (Å²) in [5, 5.41) is 7.91. The number of hydrogen-bond acceptors (Lipinski definition) is 6. The summed E-state index contributed by atoms with van der Waals surface area (Å²) in [6.07, 6.45) is 4.93. The number of ether oxygens (including phenoxy) is 1. The monoisotopic (exact) mass is 357 g/mol. The lowest BCUT2D eigenvalue weighted by molar-refractivity contribution is 0.0526. The number of rotatable bonds is 5. The fraction of sp³-hybridized carbons (Fsp3) is 0.176. The predicted octanol–water partition coefficient (Wildman–Crippen LogP) is 3.54. The van der Waals surface area contributed by atoms with Crippen molar-refractivity contribution in [2.24, 2.45) is 0 Å². The van der Waals surface area contributed by atoms with E-state index >= 15 is 0 Å². The van der Waals surface area contributed by atoms with E-state index in [2.05, 4.69) is 20.4 Å². The molecule has 2 heterocycles. The van der Waals surface area contributed by atoms with Gasteiger partial charge in [0.25, 0.3) is 5.95 Å². The number of carbonyl (C=O) groups excluding carboxylic acids is 1. The number of anilines is 2. The SMILES string of the molecule is CCOC(=O)c1cnc(-n2cc(C)cn2)nc1Nc1ccc(Cl)cc1. The molecular weight excluding hydrogens is 342 g/mol. The number of nitrogens with zero attached hydrogens (tertiary/aromatic N) is 4. The van der Waals surface area contributed by atoms with E-state index in [0.29, 0.717) is 16.8 Å². The number of esters is 1. The summed E-state index contributed by atoms with van der Waals surface area (Å²) in [4.78, 5) is 20.8. The van der Waals surface area contributed by atoms with Crippen LogP contribution in [-0.2, 0) is 4.74 Å². The molecular formula is C17H16ClN5O2. The quantitative estimate of drug-likeness (QED) is 0.703. The molecule has 3 rings (SSSR count). The second-order valence-corrected chi connectivity index (χ2v) is 5.68. The van der Waals surface area contributed by atoms with E-state index in [1.54, 1.807) is 43.6 Å². The van der Waals surface area contributed by atoms with E-state index in [9.17, 15) is 4.79 Å². The lowest BCUT2D eigenvalue weighted by Gasteiger charge is -2.11. The van der Waals surface area contributed by atoms with Gasteiger partial charge in [-0.25, -0.2) is 14.5 Å². The molecule has 0 aliphatic heterocycles. The Morgan fingerprint density at radius 1 is 1.28 bits per heavy atom. The summed E-state index contributed by atoms with van der Waals surface area (Å²) in [7, 11) is 0. The predicted molar refractivity (Wildman–Crippen MR) is 94.6 cm³/mol. The van der Waals surface area contributed by atoms with E-state index in [4.69, 9.17) is 16.3 Å². The fourth-order valence-electron chi connectivity index (χ4n) is 2.13. The summed E-state index contributed by atoms with van der Waals surface area (Å²) in [6, 6.07) is 7.06. The Hall–Kier alpha value is -2.93. The van der Waals surface area contributed by atoms with E-state index in [0.717, 1.165) is 11.3 Å². The van der Waals surface area contributed by atoms with Crippen LogP contribution in [0, 0.1) is 6.92 Å². The van der Waals surface area contributed by atoms with Gasteiger partial charge in [0.15, 0.2) is 5.82 Å². The van der Waals surface area contributed by atoms with Crippen molar-refractivity contribution in [1.29, 1.82) is 0 Å². The van der Waals surface area contributed by atoms with Crippen molar-refractivity contribution in [2.45, 2.75) is 13.8 Å². The highest BCUT2D eigenvalue weighted by Gasteiger charge is 2.17. The van der Waals surface area contributed by atoms with Gasteiger partial charge in [-0.15, -0.1) is 0 Å². The Kier molecular flexibility index (Phi) is 4.95. The van der Waals surface area contributed by atoms with Crippen LogP contribution in [0.2, 0.25) is 5.02 Å². The first-order chi connectivity index (χ1) is 12.1. The standard InChI is InChI=1S/C17H16ClN5O2/c1-3-25-16(24)14-9-19-17(23-10-11(2)8-20-23)22-15(14)21-13-6-4-12(18)5-7-13/h4-10H,3H2,1-2H3,(H,19,21,22). The summed E-state index contributed by atoms with van der Waals surface area (Å²) < 4.78 is 6.61. The van der Waals surface area contributed by atoms with Crippen LogP contribution in [0.15, 0.2) is 42.9 Å². The summed E-state index contributed by atoms with van der Waals surface area (Å²) >= 11 is 5.91. The Labute approximate surface area is 149 Å². The molecule has 0 saturated carbocycles. The first kappa shape index (κ1) is 16.9. The Morgan fingerprint density at radius 3 is 2.68 bits per heavy atom. The van der Waals surface area contributed by atoms with Crippen LogP contribution in [0.4, 0.5) is 11.5 Å². The maximum Gasteiger partial charge on any atom is 0.343 e. The van der Waals surface area contributed by atoms with Crippen molar-refractivity contribution >= 4 is 29.1 Å². The molecule has 0 aliphatic carbocycles. The molecule has 2 aromatic heterocycles. The zero-order chi connectivity index (χ0) is 17.8. The van der Waals surface area contributed by atoms with Gasteiger partial charge in [0.2, 0.25) is 0 Å². The molecule has 0 fully saturated rings. The second-order valence-electron chi connectivity index (χ2n) is 5.25. The molecule has 0 amide bonds. The van der Waals surface area contributed by atoms with Gasteiger partial charge in [0.1, 0.15) is 5.56 Å². The highest BCUT2D eigenvalue weighted by atomic mass is 35.5. The van der Waals surface area contributed by atoms with Gasteiger partial charge in [-0.05, 0) is 43.7 Å². The largest absolute Gasteiger partial charge is 0.462 e. The summed E-state index contributed by atoms with van der Waals surface area (Å²) in [6.45, 7) is 3.93. The number of nitrogens with one attached hydrogen (secondary N) is 1. The minimum absolute atomic E-state index is 0.240. The molecule has 0 bridgehead atoms. The van der Waals surface area contributed by atoms with Crippen molar-refractivity contribution in [1.82, 2.24) is 19.7 Å². The number of aromatic nitrogens is 4. The maximum absolute atomic E-state index is 12.2. The first-order valence-electron chi connectivity index (χ1n) is 7.65. The topological polar surface area (TPSA) is 81.9 Å². The molecule has 0 spiro atoms. The second kappa shape index (κ2) is 7.31. The molecule has 0 unspecified atom stereocenters. The van der Waals surface area contributed by atoms with Gasteiger partial charge < -0.3 is 10.1 Å². The number of halogens is 1. The van der Waals surface area contributed by atoms with Crippen LogP contribution in [0.3, 0.4) is 0 Å². The number of benzene rings is 1. The van der Waals surface area contributed by atoms with Gasteiger partial charge in [-0.3, -0.25) is 0 Å². The number of hydrogen-bond donors (Lipinski definition) is 1. The van der Waals surface area contributed by atoms with E-state index in [-0.39, 0.29) is 12.2 Å². The van der Waals surface area contributed by atoms with Crippen molar-refractivity contribution < 1.29 is 9.53 Å². The molecule has 7 nitrogen and oxygen atoms in total. The number of aryl methyl sites for hydroxylation is 1. The van der Waals surface area contributed by atoms with E-state index < -0.39 is 5.97 Å². The summed E-state index contributed by atoms with van der Waals surface area (Å²) in [5.74, 6) is 0.179. The molecule has 1 N–H and O–H groups in total. The van der Waals surface area contributed by atoms with Crippen molar-refractivity contribution in [3.05, 3.63) is 59.0 Å². The molecule has 0 radical (unpaired) electrons. The van der Waals surface area contributed by atoms with Crippen LogP contribution >= 0.6 is 11.6 Å². The van der Waals surface area contributed by atoms with Gasteiger partial charge in [0.05, 0.1) is 12.8 Å². The van der Waals surface area contributed by atoms with Gasteiger partial charge >= 0.3 is 5.97 Å². The highest BCUT2D eigenvalue weighted by Crippen LogP contribution is 2.22. The van der Waals surface area contributed by atoms with Crippen molar-refractivity contribution in [3.63, 3.8) is 0 Å². The minimum Gasteiger partial charge on any atom is -0.462 e.